The fourth-order valence-electron chi connectivity index (χ4n) is 7.03. The Morgan fingerprint density at radius 1 is 1.14 bits per heavy atom. The van der Waals surface area contributed by atoms with Gasteiger partial charge in [-0.3, -0.25) is 9.69 Å². The number of carbonyl (C=O) groups excluding carboxylic acids is 1. The summed E-state index contributed by atoms with van der Waals surface area (Å²) in [6.45, 7) is 4.78. The molecule has 1 aromatic heterocycles. The molecule has 6 rings (SSSR count). The molecule has 8 nitrogen and oxygen atoms in total. The van der Waals surface area contributed by atoms with Gasteiger partial charge in [0, 0.05) is 67.4 Å². The summed E-state index contributed by atoms with van der Waals surface area (Å²) in [5.41, 5.74) is 3.98. The number of nitrogens with one attached hydrogen (secondary N) is 3. The van der Waals surface area contributed by atoms with Crippen LogP contribution in [0.2, 0.25) is 0 Å². The van der Waals surface area contributed by atoms with E-state index in [2.05, 4.69) is 57.0 Å². The molecule has 3 aliphatic rings. The average Bonchev–Trinajstić information content (AvgIpc) is 3.40. The van der Waals surface area contributed by atoms with E-state index in [0.717, 1.165) is 40.4 Å². The minimum Gasteiger partial charge on any atom is -0.495 e. The number of rotatable bonds is 8. The van der Waals surface area contributed by atoms with Crippen LogP contribution in [0.3, 0.4) is 0 Å². The van der Waals surface area contributed by atoms with Gasteiger partial charge in [0.1, 0.15) is 5.75 Å². The molecule has 1 aliphatic carbocycles. The summed E-state index contributed by atoms with van der Waals surface area (Å²) in [5, 5.41) is 20.5. The number of fused-ring (bicyclic) bond motifs is 1. The van der Waals surface area contributed by atoms with Crippen molar-refractivity contribution in [3.05, 3.63) is 52.4 Å². The molecular formula is C35H41N5O3S. The molecule has 2 saturated heterocycles. The highest BCUT2D eigenvalue weighted by Gasteiger charge is 2.46. The van der Waals surface area contributed by atoms with Crippen molar-refractivity contribution in [1.82, 2.24) is 10.2 Å². The van der Waals surface area contributed by atoms with Crippen molar-refractivity contribution in [2.75, 3.05) is 57.6 Å². The molecule has 230 valence electrons. The van der Waals surface area contributed by atoms with Crippen molar-refractivity contribution in [1.29, 1.82) is 5.26 Å². The summed E-state index contributed by atoms with van der Waals surface area (Å²) in [6, 6.07) is 15.2. The van der Waals surface area contributed by atoms with Crippen molar-refractivity contribution < 1.29 is 14.3 Å². The van der Waals surface area contributed by atoms with Crippen LogP contribution in [0.15, 0.2) is 36.4 Å². The predicted molar refractivity (Wildman–Crippen MR) is 177 cm³/mol. The molecule has 3 N–H and O–H groups in total. The Hall–Kier alpha value is -3.76. The normalized spacial score (nSPS) is 21.0. The van der Waals surface area contributed by atoms with E-state index in [1.807, 2.05) is 6.07 Å². The molecule has 3 aromatic rings. The molecule has 0 bridgehead atoms. The number of amides is 1. The van der Waals surface area contributed by atoms with Gasteiger partial charge < -0.3 is 25.4 Å². The summed E-state index contributed by atoms with van der Waals surface area (Å²) in [5.74, 6) is 6.98. The molecule has 3 fully saturated rings. The summed E-state index contributed by atoms with van der Waals surface area (Å²) < 4.78 is 12.2. The van der Waals surface area contributed by atoms with Crippen LogP contribution in [0.5, 0.6) is 5.75 Å². The van der Waals surface area contributed by atoms with E-state index < -0.39 is 0 Å². The molecular weight excluding hydrogens is 570 g/mol. The highest BCUT2D eigenvalue weighted by molar-refractivity contribution is 7.20. The first kappa shape index (κ1) is 30.3. The van der Waals surface area contributed by atoms with Gasteiger partial charge in [0.15, 0.2) is 0 Å². The van der Waals surface area contributed by atoms with Gasteiger partial charge >= 0.3 is 0 Å². The van der Waals surface area contributed by atoms with Crippen molar-refractivity contribution in [2.45, 2.75) is 57.0 Å². The molecule has 1 amide bonds. The molecule has 3 heterocycles. The number of hydrogen-bond acceptors (Lipinski definition) is 8. The standard InChI is InChI=1S/C35H41N5O3S/c1-37-34(41)24-8-13-29(31(21-24)42-2)38-18-4-7-32-27(14-17-36)28-5-3-6-30(33(28)44-32)39-25-9-11-26(12-10-25)40-22-35(23-40)15-19-43-20-16-35/h3,5-6,8,13,21,25-26,38-39H,9-12,14-16,18-20,22-23H2,1-2H3,(H,37,41). The number of nitriles is 1. The second-order valence-electron chi connectivity index (χ2n) is 12.2. The number of carbonyl (C=O) groups is 1. The minimum absolute atomic E-state index is 0.166. The number of thiophene rings is 1. The quantitative estimate of drug-likeness (QED) is 0.284. The van der Waals surface area contributed by atoms with Gasteiger partial charge in [-0.2, -0.15) is 5.26 Å². The Kier molecular flexibility index (Phi) is 9.28. The van der Waals surface area contributed by atoms with E-state index in [-0.39, 0.29) is 5.91 Å². The summed E-state index contributed by atoms with van der Waals surface area (Å²) >= 11 is 1.67. The number of methoxy groups -OCH3 is 1. The van der Waals surface area contributed by atoms with E-state index in [1.54, 1.807) is 37.6 Å². The fraction of sp³-hybridized carbons (Fsp3) is 0.486. The Morgan fingerprint density at radius 3 is 2.66 bits per heavy atom. The van der Waals surface area contributed by atoms with Crippen molar-refractivity contribution in [2.24, 2.45) is 5.41 Å². The monoisotopic (exact) mass is 611 g/mol. The lowest BCUT2D eigenvalue weighted by molar-refractivity contribution is -0.102. The summed E-state index contributed by atoms with van der Waals surface area (Å²) in [4.78, 5) is 15.6. The molecule has 0 radical (unpaired) electrons. The van der Waals surface area contributed by atoms with Crippen molar-refractivity contribution in [3.63, 3.8) is 0 Å². The van der Waals surface area contributed by atoms with Gasteiger partial charge in [0.05, 0.1) is 47.1 Å². The maximum Gasteiger partial charge on any atom is 0.251 e. The molecule has 9 heteroatoms. The maximum atomic E-state index is 12.0. The number of nitrogens with zero attached hydrogens (tertiary/aromatic N) is 2. The number of ether oxygens (including phenoxy) is 2. The third kappa shape index (κ3) is 6.37. The third-order valence-corrected chi connectivity index (χ3v) is 10.7. The van der Waals surface area contributed by atoms with E-state index in [9.17, 15) is 10.1 Å². The summed E-state index contributed by atoms with van der Waals surface area (Å²) in [6.07, 6.45) is 7.62. The first-order valence-electron chi connectivity index (χ1n) is 15.6. The number of anilines is 2. The van der Waals surface area contributed by atoms with Crippen LogP contribution >= 0.6 is 11.3 Å². The molecule has 2 aliphatic heterocycles. The molecule has 0 atom stereocenters. The predicted octanol–water partition coefficient (Wildman–Crippen LogP) is 5.63. The van der Waals surface area contributed by atoms with Crippen LogP contribution in [0.1, 0.15) is 59.3 Å². The first-order valence-corrected chi connectivity index (χ1v) is 16.5. The lowest BCUT2D eigenvalue weighted by Crippen LogP contribution is -2.62. The maximum absolute atomic E-state index is 12.0. The second-order valence-corrected chi connectivity index (χ2v) is 13.3. The van der Waals surface area contributed by atoms with Gasteiger partial charge in [-0.25, -0.2) is 0 Å². The fourth-order valence-corrected chi connectivity index (χ4v) is 8.20. The Labute approximate surface area is 264 Å². The van der Waals surface area contributed by atoms with Crippen molar-refractivity contribution in [3.8, 4) is 23.7 Å². The Morgan fingerprint density at radius 2 is 1.93 bits per heavy atom. The number of hydrogen-bond donors (Lipinski definition) is 3. The minimum atomic E-state index is -0.166. The Bertz CT molecular complexity index is 1590. The number of likely N-dealkylation sites (tertiary alicyclic amines) is 1. The molecule has 44 heavy (non-hydrogen) atoms. The van der Waals surface area contributed by atoms with Gasteiger partial charge in [-0.1, -0.05) is 24.0 Å². The van der Waals surface area contributed by atoms with E-state index >= 15 is 0 Å². The van der Waals surface area contributed by atoms with Crippen LogP contribution < -0.4 is 20.7 Å². The van der Waals surface area contributed by atoms with Crippen molar-refractivity contribution >= 4 is 38.7 Å². The van der Waals surface area contributed by atoms with Crippen LogP contribution in [0, 0.1) is 28.6 Å². The zero-order chi connectivity index (χ0) is 30.5. The lowest BCUT2D eigenvalue weighted by Gasteiger charge is -2.56. The van der Waals surface area contributed by atoms with Crippen LogP contribution in [-0.2, 0) is 11.2 Å². The van der Waals surface area contributed by atoms with Crippen LogP contribution in [0.4, 0.5) is 11.4 Å². The van der Waals surface area contributed by atoms with Crippen LogP contribution in [0.25, 0.3) is 10.1 Å². The highest BCUT2D eigenvalue weighted by Crippen LogP contribution is 2.43. The second kappa shape index (κ2) is 13.5. The first-order chi connectivity index (χ1) is 21.5. The molecule has 0 unspecified atom stereocenters. The highest BCUT2D eigenvalue weighted by atomic mass is 32.1. The zero-order valence-electron chi connectivity index (χ0n) is 25.6. The number of benzene rings is 2. The van der Waals surface area contributed by atoms with Gasteiger partial charge in [-0.05, 0) is 62.8 Å². The topological polar surface area (TPSA) is 98.7 Å². The smallest absolute Gasteiger partial charge is 0.251 e. The van der Waals surface area contributed by atoms with E-state index in [4.69, 9.17) is 9.47 Å². The van der Waals surface area contributed by atoms with Gasteiger partial charge in [0.2, 0.25) is 0 Å². The zero-order valence-corrected chi connectivity index (χ0v) is 26.4. The SMILES string of the molecule is CNC(=O)c1ccc(NCC#Cc2sc3c(NC4CCC(N5CC6(CCOCC6)C5)CC4)cccc3c2CC#N)c(OC)c1. The molecule has 1 saturated carbocycles. The third-order valence-electron chi connectivity index (χ3n) is 9.54. The lowest BCUT2D eigenvalue weighted by atomic mass is 9.71. The average molecular weight is 612 g/mol. The largest absolute Gasteiger partial charge is 0.495 e. The molecule has 2 aromatic carbocycles. The summed E-state index contributed by atoms with van der Waals surface area (Å²) in [7, 11) is 3.18. The van der Waals surface area contributed by atoms with Gasteiger partial charge in [-0.15, -0.1) is 11.3 Å². The van der Waals surface area contributed by atoms with Gasteiger partial charge in [0.25, 0.3) is 5.91 Å². The Balaban J connectivity index is 1.10. The van der Waals surface area contributed by atoms with Crippen LogP contribution in [-0.4, -0.2) is 69.9 Å². The molecule has 1 spiro atoms. The van der Waals surface area contributed by atoms with E-state index in [1.165, 1.54) is 56.3 Å². The van der Waals surface area contributed by atoms with E-state index in [0.29, 0.717) is 41.8 Å².